The quantitative estimate of drug-likeness (QED) is 0.837. The molecule has 0 aliphatic carbocycles. The van der Waals surface area contributed by atoms with Crippen LogP contribution in [0.4, 0.5) is 5.82 Å². The number of anilines is 1. The molecule has 0 N–H and O–H groups in total. The van der Waals surface area contributed by atoms with E-state index in [2.05, 4.69) is 42.8 Å². The molecule has 2 aromatic rings. The first kappa shape index (κ1) is 13.8. The molecule has 0 amide bonds. The highest BCUT2D eigenvalue weighted by molar-refractivity contribution is 9.10. The summed E-state index contributed by atoms with van der Waals surface area (Å²) in [4.78, 5) is 11.1. The summed E-state index contributed by atoms with van der Waals surface area (Å²) >= 11 is 3.51. The Morgan fingerprint density at radius 3 is 2.95 bits per heavy atom. The van der Waals surface area contributed by atoms with E-state index in [4.69, 9.17) is 4.74 Å². The molecule has 2 atom stereocenters. The number of aryl methyl sites for hydroxylation is 1. The minimum atomic E-state index is 0.240. The fourth-order valence-electron chi connectivity index (χ4n) is 2.80. The zero-order valence-electron chi connectivity index (χ0n) is 11.9. The van der Waals surface area contributed by atoms with Crippen molar-refractivity contribution in [2.75, 3.05) is 25.1 Å². The van der Waals surface area contributed by atoms with Crippen LogP contribution >= 0.6 is 15.9 Å². The minimum Gasteiger partial charge on any atom is -0.379 e. The average Bonchev–Trinajstić information content (AvgIpc) is 2.75. The van der Waals surface area contributed by atoms with E-state index < -0.39 is 0 Å². The molecule has 0 saturated carbocycles. The average molecular weight is 340 g/mol. The minimum absolute atomic E-state index is 0.240. The summed E-state index contributed by atoms with van der Waals surface area (Å²) in [5.41, 5.74) is 0.842. The number of hydrogen-bond donors (Lipinski definition) is 0. The number of halogens is 1. The number of nitrogens with zero attached hydrogens (tertiary/aromatic N) is 5. The molecule has 2 aromatic heterocycles. The molecule has 7 heteroatoms. The summed E-state index contributed by atoms with van der Waals surface area (Å²) in [6, 6.07) is 0. The van der Waals surface area contributed by atoms with Gasteiger partial charge in [0, 0.05) is 27.2 Å². The Kier molecular flexibility index (Phi) is 3.64. The highest BCUT2D eigenvalue weighted by atomic mass is 79.9. The number of rotatable bonds is 2. The van der Waals surface area contributed by atoms with Crippen molar-refractivity contribution in [3.05, 3.63) is 10.9 Å². The number of ether oxygens (including phenoxy) is 1. The lowest BCUT2D eigenvalue weighted by Gasteiger charge is -2.37. The van der Waals surface area contributed by atoms with Gasteiger partial charge in [0.2, 0.25) is 0 Å². The lowest BCUT2D eigenvalue weighted by Crippen LogP contribution is -2.44. The Morgan fingerprint density at radius 2 is 2.20 bits per heavy atom. The zero-order chi connectivity index (χ0) is 14.3. The summed E-state index contributed by atoms with van der Waals surface area (Å²) in [6.45, 7) is 4.07. The third-order valence-corrected chi connectivity index (χ3v) is 4.60. The number of piperidine rings is 1. The lowest BCUT2D eigenvalue weighted by atomic mass is 9.96. The van der Waals surface area contributed by atoms with Crippen LogP contribution in [0.5, 0.6) is 0 Å². The Balaban J connectivity index is 2.02. The van der Waals surface area contributed by atoms with Crippen LogP contribution in [0.15, 0.2) is 10.9 Å². The molecule has 0 radical (unpaired) electrons. The Bertz CT molecular complexity index is 628. The fraction of sp³-hybridized carbons (Fsp3) is 0.615. The first-order valence-electron chi connectivity index (χ1n) is 6.72. The largest absolute Gasteiger partial charge is 0.379 e. The first-order valence-corrected chi connectivity index (χ1v) is 7.52. The van der Waals surface area contributed by atoms with Crippen LogP contribution in [0, 0.1) is 5.92 Å². The summed E-state index contributed by atoms with van der Waals surface area (Å²) in [5.74, 6) is 1.51. The Hall–Kier alpha value is -1.21. The molecule has 1 aliphatic rings. The van der Waals surface area contributed by atoms with E-state index in [1.807, 2.05) is 7.05 Å². The van der Waals surface area contributed by atoms with Gasteiger partial charge in [0.25, 0.3) is 0 Å². The number of hydrogen-bond acceptors (Lipinski definition) is 5. The van der Waals surface area contributed by atoms with E-state index in [1.165, 1.54) is 0 Å². The second-order valence-electron chi connectivity index (χ2n) is 5.30. The molecular formula is C13H18BrN5O. The number of aromatic nitrogens is 4. The molecule has 3 rings (SSSR count). The summed E-state index contributed by atoms with van der Waals surface area (Å²) in [5, 5.41) is 5.34. The Labute approximate surface area is 126 Å². The van der Waals surface area contributed by atoms with E-state index in [-0.39, 0.29) is 6.10 Å². The van der Waals surface area contributed by atoms with Gasteiger partial charge in [-0.3, -0.25) is 0 Å². The van der Waals surface area contributed by atoms with Gasteiger partial charge in [0.05, 0.1) is 11.5 Å². The zero-order valence-corrected chi connectivity index (χ0v) is 13.5. The number of methoxy groups -OCH3 is 1. The van der Waals surface area contributed by atoms with Crippen LogP contribution in [-0.4, -0.2) is 46.1 Å². The third-order valence-electron chi connectivity index (χ3n) is 4.05. The van der Waals surface area contributed by atoms with Crippen molar-refractivity contribution in [2.24, 2.45) is 13.0 Å². The predicted molar refractivity (Wildman–Crippen MR) is 80.8 cm³/mol. The van der Waals surface area contributed by atoms with Crippen molar-refractivity contribution < 1.29 is 4.74 Å². The van der Waals surface area contributed by atoms with Crippen molar-refractivity contribution in [3.63, 3.8) is 0 Å². The molecule has 3 heterocycles. The van der Waals surface area contributed by atoms with Gasteiger partial charge in [-0.1, -0.05) is 6.92 Å². The summed E-state index contributed by atoms with van der Waals surface area (Å²) in [7, 11) is 3.67. The molecular weight excluding hydrogens is 322 g/mol. The SMILES string of the molecule is COC1CN(c2ncnc3c2c(Br)nn3C)CCC1C. The number of fused-ring (bicyclic) bond motifs is 1. The predicted octanol–water partition coefficient (Wildman–Crippen LogP) is 1.99. The highest BCUT2D eigenvalue weighted by Gasteiger charge is 2.28. The summed E-state index contributed by atoms with van der Waals surface area (Å²) < 4.78 is 8.14. The monoisotopic (exact) mass is 339 g/mol. The van der Waals surface area contributed by atoms with Crippen LogP contribution in [0.3, 0.4) is 0 Å². The molecule has 0 spiro atoms. The van der Waals surface area contributed by atoms with E-state index in [9.17, 15) is 0 Å². The maximum Gasteiger partial charge on any atom is 0.164 e. The van der Waals surface area contributed by atoms with Crippen LogP contribution in [0.1, 0.15) is 13.3 Å². The topological polar surface area (TPSA) is 56.1 Å². The van der Waals surface area contributed by atoms with Crippen molar-refractivity contribution in [1.82, 2.24) is 19.7 Å². The van der Waals surface area contributed by atoms with Crippen molar-refractivity contribution >= 4 is 32.8 Å². The summed E-state index contributed by atoms with van der Waals surface area (Å²) in [6.07, 6.45) is 2.94. The lowest BCUT2D eigenvalue weighted by molar-refractivity contribution is 0.0497. The second kappa shape index (κ2) is 5.29. The smallest absolute Gasteiger partial charge is 0.164 e. The third kappa shape index (κ3) is 2.18. The normalized spacial score (nSPS) is 23.5. The molecule has 0 aromatic carbocycles. The van der Waals surface area contributed by atoms with Crippen LogP contribution < -0.4 is 4.90 Å². The van der Waals surface area contributed by atoms with Crippen LogP contribution in [0.25, 0.3) is 11.0 Å². The van der Waals surface area contributed by atoms with Gasteiger partial charge in [-0.05, 0) is 28.3 Å². The second-order valence-corrected chi connectivity index (χ2v) is 6.05. The van der Waals surface area contributed by atoms with Crippen molar-refractivity contribution in [2.45, 2.75) is 19.4 Å². The molecule has 0 bridgehead atoms. The van der Waals surface area contributed by atoms with Gasteiger partial charge in [-0.25, -0.2) is 14.6 Å². The van der Waals surface area contributed by atoms with Gasteiger partial charge in [-0.2, -0.15) is 5.10 Å². The van der Waals surface area contributed by atoms with Gasteiger partial charge in [-0.15, -0.1) is 0 Å². The van der Waals surface area contributed by atoms with E-state index in [0.717, 1.165) is 41.0 Å². The van der Waals surface area contributed by atoms with E-state index >= 15 is 0 Å². The van der Waals surface area contributed by atoms with Gasteiger partial charge < -0.3 is 9.64 Å². The van der Waals surface area contributed by atoms with Crippen molar-refractivity contribution in [1.29, 1.82) is 0 Å². The first-order chi connectivity index (χ1) is 9.61. The van der Waals surface area contributed by atoms with Gasteiger partial charge >= 0.3 is 0 Å². The van der Waals surface area contributed by atoms with Gasteiger partial charge in [0.1, 0.15) is 16.7 Å². The van der Waals surface area contributed by atoms with Crippen LogP contribution in [0.2, 0.25) is 0 Å². The molecule has 1 fully saturated rings. The molecule has 2 unspecified atom stereocenters. The van der Waals surface area contributed by atoms with Gasteiger partial charge in [0.15, 0.2) is 5.65 Å². The van der Waals surface area contributed by atoms with E-state index in [0.29, 0.717) is 5.92 Å². The Morgan fingerprint density at radius 1 is 1.40 bits per heavy atom. The van der Waals surface area contributed by atoms with Crippen LogP contribution in [-0.2, 0) is 11.8 Å². The highest BCUT2D eigenvalue weighted by Crippen LogP contribution is 2.32. The molecule has 6 nitrogen and oxygen atoms in total. The molecule has 1 saturated heterocycles. The fourth-order valence-corrected chi connectivity index (χ4v) is 3.39. The maximum atomic E-state index is 5.59. The molecule has 108 valence electrons. The molecule has 20 heavy (non-hydrogen) atoms. The van der Waals surface area contributed by atoms with E-state index in [1.54, 1.807) is 18.1 Å². The van der Waals surface area contributed by atoms with Crippen molar-refractivity contribution in [3.8, 4) is 0 Å². The standard InChI is InChI=1S/C13H18BrN5O/c1-8-4-5-19(6-9(8)20-3)13-10-11(14)17-18(2)12(10)15-7-16-13/h7-9H,4-6H2,1-3H3. The molecule has 1 aliphatic heterocycles. The maximum absolute atomic E-state index is 5.59.